The van der Waals surface area contributed by atoms with Crippen LogP contribution in [0.5, 0.6) is 0 Å². The SMILES string of the molecule is CS(=O)(=O)c1ccc(COCc2ccc(C(F)(F)O[PH](=O)O)c(Br)c2)cc1. The number of benzene rings is 2. The Labute approximate surface area is 164 Å². The van der Waals surface area contributed by atoms with Crippen LogP contribution in [0.15, 0.2) is 51.8 Å². The van der Waals surface area contributed by atoms with Gasteiger partial charge in [0, 0.05) is 10.7 Å². The van der Waals surface area contributed by atoms with Gasteiger partial charge in [-0.15, -0.1) is 0 Å². The molecular formula is C16H16BrF2O6PS. The van der Waals surface area contributed by atoms with Crippen LogP contribution in [0.2, 0.25) is 0 Å². The minimum absolute atomic E-state index is 0.00866. The lowest BCUT2D eigenvalue weighted by Crippen LogP contribution is -2.15. The Morgan fingerprint density at radius 3 is 2.19 bits per heavy atom. The lowest BCUT2D eigenvalue weighted by atomic mass is 10.1. The van der Waals surface area contributed by atoms with Gasteiger partial charge in [0.25, 0.3) is 0 Å². The Bertz CT molecular complexity index is 934. The summed E-state index contributed by atoms with van der Waals surface area (Å²) in [6.45, 7) is 0.324. The molecule has 27 heavy (non-hydrogen) atoms. The second-order valence-corrected chi connectivity index (χ2v) is 9.21. The Kier molecular flexibility index (Phi) is 7.29. The molecule has 0 aliphatic rings. The van der Waals surface area contributed by atoms with Crippen molar-refractivity contribution in [1.82, 2.24) is 0 Å². The van der Waals surface area contributed by atoms with E-state index in [0.29, 0.717) is 5.56 Å². The first-order valence-electron chi connectivity index (χ1n) is 7.44. The maximum absolute atomic E-state index is 13.7. The van der Waals surface area contributed by atoms with Crippen LogP contribution in [-0.4, -0.2) is 19.6 Å². The van der Waals surface area contributed by atoms with E-state index >= 15 is 0 Å². The average molecular weight is 485 g/mol. The third-order valence-electron chi connectivity index (χ3n) is 3.45. The molecule has 0 saturated heterocycles. The van der Waals surface area contributed by atoms with E-state index in [-0.39, 0.29) is 22.6 Å². The van der Waals surface area contributed by atoms with Gasteiger partial charge in [-0.05, 0) is 35.4 Å². The van der Waals surface area contributed by atoms with E-state index < -0.39 is 29.8 Å². The summed E-state index contributed by atoms with van der Waals surface area (Å²) < 4.78 is 70.1. The highest BCUT2D eigenvalue weighted by atomic mass is 79.9. The van der Waals surface area contributed by atoms with Crippen LogP contribution in [-0.2, 0) is 43.0 Å². The van der Waals surface area contributed by atoms with Crippen LogP contribution in [0.25, 0.3) is 0 Å². The van der Waals surface area contributed by atoms with Gasteiger partial charge in [-0.2, -0.15) is 8.78 Å². The van der Waals surface area contributed by atoms with E-state index in [1.54, 1.807) is 12.1 Å². The molecule has 0 radical (unpaired) electrons. The molecule has 0 saturated carbocycles. The lowest BCUT2D eigenvalue weighted by Gasteiger charge is -2.17. The van der Waals surface area contributed by atoms with Gasteiger partial charge in [0.1, 0.15) is 0 Å². The molecule has 2 aromatic rings. The topological polar surface area (TPSA) is 89.9 Å². The molecule has 0 fully saturated rings. The van der Waals surface area contributed by atoms with E-state index in [9.17, 15) is 21.8 Å². The van der Waals surface area contributed by atoms with Gasteiger partial charge < -0.3 is 9.63 Å². The molecule has 0 aliphatic carbocycles. The van der Waals surface area contributed by atoms with Crippen molar-refractivity contribution in [3.8, 4) is 0 Å². The third-order valence-corrected chi connectivity index (χ3v) is 5.67. The minimum Gasteiger partial charge on any atom is -0.372 e. The monoisotopic (exact) mass is 484 g/mol. The van der Waals surface area contributed by atoms with Gasteiger partial charge in [-0.1, -0.05) is 34.1 Å². The Hall–Kier alpha value is -1.16. The highest BCUT2D eigenvalue weighted by Crippen LogP contribution is 2.40. The molecule has 6 nitrogen and oxygen atoms in total. The average Bonchev–Trinajstić information content (AvgIpc) is 2.53. The molecule has 2 rings (SSSR count). The molecular weight excluding hydrogens is 469 g/mol. The summed E-state index contributed by atoms with van der Waals surface area (Å²) in [6, 6.07) is 10.1. The summed E-state index contributed by atoms with van der Waals surface area (Å²) in [5.41, 5.74) is 0.770. The van der Waals surface area contributed by atoms with Crippen molar-refractivity contribution >= 4 is 34.0 Å². The highest BCUT2D eigenvalue weighted by molar-refractivity contribution is 9.10. The fourth-order valence-electron chi connectivity index (χ4n) is 2.17. The van der Waals surface area contributed by atoms with Crippen molar-refractivity contribution < 1.29 is 35.9 Å². The molecule has 1 atom stereocenters. The van der Waals surface area contributed by atoms with Gasteiger partial charge >= 0.3 is 14.4 Å². The Morgan fingerprint density at radius 1 is 1.11 bits per heavy atom. The lowest BCUT2D eigenvalue weighted by molar-refractivity contribution is -0.186. The summed E-state index contributed by atoms with van der Waals surface area (Å²) in [4.78, 5) is 8.76. The molecule has 0 aromatic heterocycles. The molecule has 0 aliphatic heterocycles. The molecule has 2 aromatic carbocycles. The summed E-state index contributed by atoms with van der Waals surface area (Å²) in [7, 11) is -7.07. The first-order chi connectivity index (χ1) is 12.5. The maximum atomic E-state index is 13.7. The van der Waals surface area contributed by atoms with Gasteiger partial charge in [0.2, 0.25) is 0 Å². The fourth-order valence-corrected chi connectivity index (χ4v) is 3.79. The zero-order valence-corrected chi connectivity index (χ0v) is 17.4. The number of alkyl halides is 2. The van der Waals surface area contributed by atoms with Crippen molar-refractivity contribution in [1.29, 1.82) is 0 Å². The first-order valence-corrected chi connectivity index (χ1v) is 11.4. The Morgan fingerprint density at radius 2 is 1.67 bits per heavy atom. The molecule has 0 amide bonds. The van der Waals surface area contributed by atoms with Gasteiger partial charge in [0.15, 0.2) is 9.84 Å². The molecule has 0 bridgehead atoms. The van der Waals surface area contributed by atoms with Crippen molar-refractivity contribution in [2.75, 3.05) is 6.26 Å². The molecule has 11 heteroatoms. The number of hydrogen-bond donors (Lipinski definition) is 1. The smallest absolute Gasteiger partial charge is 0.372 e. The summed E-state index contributed by atoms with van der Waals surface area (Å²) in [6.07, 6.45) is -2.78. The van der Waals surface area contributed by atoms with Gasteiger partial charge in [-0.25, -0.2) is 12.9 Å². The van der Waals surface area contributed by atoms with Gasteiger partial charge in [-0.3, -0.25) is 4.57 Å². The minimum atomic E-state index is -3.90. The number of hydrogen-bond acceptors (Lipinski definition) is 5. The zero-order chi connectivity index (χ0) is 20.2. The molecule has 1 N–H and O–H groups in total. The normalized spacial score (nSPS) is 13.5. The van der Waals surface area contributed by atoms with Crippen molar-refractivity contribution in [3.05, 3.63) is 63.6 Å². The van der Waals surface area contributed by atoms with E-state index in [2.05, 4.69) is 20.5 Å². The van der Waals surface area contributed by atoms with Crippen LogP contribution < -0.4 is 0 Å². The first kappa shape index (κ1) is 22.1. The standard InChI is InChI=1S/C16H16BrF2O6PS/c1-27(22,23)13-5-2-11(3-6-13)9-24-10-12-4-7-14(15(17)8-12)16(18,19)25-26(20)21/h2-8,26H,9-10H2,1H3,(H,20,21). The number of sulfone groups is 1. The predicted octanol–water partition coefficient (Wildman–Crippen LogP) is 4.02. The molecule has 1 unspecified atom stereocenters. The zero-order valence-electron chi connectivity index (χ0n) is 14.0. The van der Waals surface area contributed by atoms with E-state index in [1.165, 1.54) is 24.3 Å². The second kappa shape index (κ2) is 8.89. The highest BCUT2D eigenvalue weighted by Gasteiger charge is 2.37. The molecule has 148 valence electrons. The number of halogens is 3. The van der Waals surface area contributed by atoms with Crippen molar-refractivity contribution in [2.24, 2.45) is 0 Å². The summed E-state index contributed by atoms with van der Waals surface area (Å²) >= 11 is 2.99. The van der Waals surface area contributed by atoms with Crippen LogP contribution in [0.1, 0.15) is 16.7 Å². The largest absolute Gasteiger partial charge is 0.390 e. The molecule has 0 spiro atoms. The van der Waals surface area contributed by atoms with Crippen molar-refractivity contribution in [2.45, 2.75) is 24.2 Å². The van der Waals surface area contributed by atoms with Crippen LogP contribution in [0, 0.1) is 0 Å². The molecule has 0 heterocycles. The van der Waals surface area contributed by atoms with E-state index in [0.717, 1.165) is 17.9 Å². The third kappa shape index (κ3) is 6.44. The fraction of sp³-hybridized carbons (Fsp3) is 0.250. The van der Waals surface area contributed by atoms with Crippen LogP contribution in [0.3, 0.4) is 0 Å². The maximum Gasteiger partial charge on any atom is 0.390 e. The van der Waals surface area contributed by atoms with Crippen LogP contribution >= 0.6 is 24.2 Å². The van der Waals surface area contributed by atoms with Gasteiger partial charge in [0.05, 0.1) is 23.7 Å². The number of rotatable bonds is 8. The van der Waals surface area contributed by atoms with E-state index in [4.69, 9.17) is 9.63 Å². The summed E-state index contributed by atoms with van der Waals surface area (Å²) in [5.74, 6) is 0. The van der Waals surface area contributed by atoms with E-state index in [1.807, 2.05) is 0 Å². The van der Waals surface area contributed by atoms with Crippen LogP contribution in [0.4, 0.5) is 8.78 Å². The number of ether oxygens (including phenoxy) is 1. The second-order valence-electron chi connectivity index (χ2n) is 5.61. The Balaban J connectivity index is 1.99. The quantitative estimate of drug-likeness (QED) is 0.569. The summed E-state index contributed by atoms with van der Waals surface area (Å²) in [5, 5.41) is 0. The predicted molar refractivity (Wildman–Crippen MR) is 98.4 cm³/mol. The van der Waals surface area contributed by atoms with Crippen molar-refractivity contribution in [3.63, 3.8) is 0 Å².